The Morgan fingerprint density at radius 2 is 1.87 bits per heavy atom. The molecule has 200 valence electrons. The van der Waals surface area contributed by atoms with E-state index in [4.69, 9.17) is 4.74 Å². The van der Waals surface area contributed by atoms with E-state index in [0.29, 0.717) is 18.5 Å². The number of halogens is 2. The summed E-state index contributed by atoms with van der Waals surface area (Å²) in [6, 6.07) is 12.0. The number of alkyl halides is 2. The van der Waals surface area contributed by atoms with Crippen molar-refractivity contribution in [2.24, 2.45) is 11.3 Å². The zero-order valence-corrected chi connectivity index (χ0v) is 22.1. The minimum atomic E-state index is -2.55. The second-order valence-electron chi connectivity index (χ2n) is 12.6. The van der Waals surface area contributed by atoms with E-state index in [0.717, 1.165) is 71.5 Å². The number of fused-ring (bicyclic) bond motifs is 1. The summed E-state index contributed by atoms with van der Waals surface area (Å²) in [6.45, 7) is 3.48. The molecule has 1 saturated heterocycles. The Morgan fingerprint density at radius 3 is 2.50 bits per heavy atom. The number of rotatable bonds is 6. The van der Waals surface area contributed by atoms with E-state index in [1.807, 2.05) is 30.5 Å². The van der Waals surface area contributed by atoms with Crippen molar-refractivity contribution in [1.82, 2.24) is 15.2 Å². The first-order valence-corrected chi connectivity index (χ1v) is 13.9. The molecule has 5 fully saturated rings. The average molecular weight is 520 g/mol. The summed E-state index contributed by atoms with van der Waals surface area (Å²) in [7, 11) is 1.70. The van der Waals surface area contributed by atoms with E-state index in [-0.39, 0.29) is 35.7 Å². The quantitative estimate of drug-likeness (QED) is 0.390. The molecule has 2 aromatic carbocycles. The van der Waals surface area contributed by atoms with Gasteiger partial charge in [-0.2, -0.15) is 0 Å². The van der Waals surface area contributed by atoms with Gasteiger partial charge in [-0.1, -0.05) is 12.1 Å². The summed E-state index contributed by atoms with van der Waals surface area (Å²) < 4.78 is 33.9. The Labute approximate surface area is 221 Å². The highest BCUT2D eigenvalue weighted by molar-refractivity contribution is 5.95. The SMILES string of the molecule is COc1cc(C)c2[nH]ccc2c1CN1CCC2(C[C@@H]1c1ccc(C(=O)NC34CC(C3)C4)cc1)CC(F)(F)C2. The van der Waals surface area contributed by atoms with Crippen LogP contribution < -0.4 is 10.1 Å². The summed E-state index contributed by atoms with van der Waals surface area (Å²) in [5.74, 6) is -0.900. The van der Waals surface area contributed by atoms with Crippen LogP contribution in [0.2, 0.25) is 0 Å². The topological polar surface area (TPSA) is 57.4 Å². The molecule has 0 radical (unpaired) electrons. The molecule has 4 aliphatic carbocycles. The van der Waals surface area contributed by atoms with Crippen molar-refractivity contribution in [2.45, 2.75) is 75.9 Å². The predicted molar refractivity (Wildman–Crippen MR) is 143 cm³/mol. The lowest BCUT2D eigenvalue weighted by molar-refractivity contribution is -0.186. The highest BCUT2D eigenvalue weighted by Crippen LogP contribution is 2.61. The maximum atomic E-state index is 14.1. The van der Waals surface area contributed by atoms with Crippen LogP contribution in [-0.4, -0.2) is 40.9 Å². The summed E-state index contributed by atoms with van der Waals surface area (Å²) in [4.78, 5) is 18.6. The van der Waals surface area contributed by atoms with Gasteiger partial charge in [-0.05, 0) is 92.3 Å². The number of likely N-dealkylation sites (tertiary alicyclic amines) is 1. The number of nitrogens with one attached hydrogen (secondary N) is 2. The molecule has 1 aliphatic heterocycles. The zero-order chi connectivity index (χ0) is 26.3. The van der Waals surface area contributed by atoms with Gasteiger partial charge in [0.15, 0.2) is 0 Å². The van der Waals surface area contributed by atoms with Gasteiger partial charge in [0.1, 0.15) is 5.75 Å². The van der Waals surface area contributed by atoms with Gasteiger partial charge in [-0.15, -0.1) is 0 Å². The minimum absolute atomic E-state index is 0.00502. The highest BCUT2D eigenvalue weighted by atomic mass is 19.3. The van der Waals surface area contributed by atoms with E-state index >= 15 is 0 Å². The van der Waals surface area contributed by atoms with E-state index in [1.54, 1.807) is 7.11 Å². The molecule has 5 aliphatic rings. The molecule has 0 unspecified atom stereocenters. The lowest BCUT2D eigenvalue weighted by Crippen LogP contribution is -2.68. The van der Waals surface area contributed by atoms with Crippen LogP contribution in [0, 0.1) is 18.3 Å². The summed E-state index contributed by atoms with van der Waals surface area (Å²) in [5.41, 5.74) is 4.82. The average Bonchev–Trinajstić information content (AvgIpc) is 3.33. The number of nitrogens with zero attached hydrogens (tertiary/aromatic N) is 1. The monoisotopic (exact) mass is 519 g/mol. The lowest BCUT2D eigenvalue weighted by Gasteiger charge is -2.61. The van der Waals surface area contributed by atoms with Crippen LogP contribution in [0.4, 0.5) is 8.78 Å². The van der Waals surface area contributed by atoms with Crippen LogP contribution in [0.25, 0.3) is 10.9 Å². The van der Waals surface area contributed by atoms with Crippen molar-refractivity contribution in [3.05, 3.63) is 64.8 Å². The van der Waals surface area contributed by atoms with E-state index in [2.05, 4.69) is 34.3 Å². The number of ether oxygens (including phenoxy) is 1. The summed E-state index contributed by atoms with van der Waals surface area (Å²) in [6.07, 6.45) is 6.70. The number of aromatic amines is 1. The van der Waals surface area contributed by atoms with Crippen molar-refractivity contribution in [1.29, 1.82) is 0 Å². The zero-order valence-electron chi connectivity index (χ0n) is 22.1. The van der Waals surface area contributed by atoms with Gasteiger partial charge in [0.2, 0.25) is 5.92 Å². The van der Waals surface area contributed by atoms with E-state index in [9.17, 15) is 13.6 Å². The molecule has 8 rings (SSSR count). The number of hydrogen-bond acceptors (Lipinski definition) is 3. The van der Waals surface area contributed by atoms with Gasteiger partial charge in [0.25, 0.3) is 5.91 Å². The molecule has 1 atom stereocenters. The minimum Gasteiger partial charge on any atom is -0.496 e. The van der Waals surface area contributed by atoms with Gasteiger partial charge in [-0.25, -0.2) is 8.78 Å². The molecule has 4 saturated carbocycles. The Kier molecular flexibility index (Phi) is 5.26. The fraction of sp³-hybridized carbons (Fsp3) is 0.516. The van der Waals surface area contributed by atoms with Crippen LogP contribution in [0.3, 0.4) is 0 Å². The molecular weight excluding hydrogens is 484 g/mol. The lowest BCUT2D eigenvalue weighted by atomic mass is 9.50. The molecule has 2 bridgehead atoms. The first-order chi connectivity index (χ1) is 18.2. The molecule has 1 amide bonds. The third-order valence-electron chi connectivity index (χ3n) is 9.93. The molecule has 1 aromatic heterocycles. The van der Waals surface area contributed by atoms with Crippen LogP contribution in [-0.2, 0) is 6.54 Å². The first-order valence-electron chi connectivity index (χ1n) is 13.9. The van der Waals surface area contributed by atoms with Crippen LogP contribution in [0.15, 0.2) is 42.6 Å². The van der Waals surface area contributed by atoms with Gasteiger partial charge in [0, 0.05) is 59.2 Å². The van der Waals surface area contributed by atoms with Crippen molar-refractivity contribution >= 4 is 16.8 Å². The molecular formula is C31H35F2N3O2. The van der Waals surface area contributed by atoms with Crippen molar-refractivity contribution in [2.75, 3.05) is 13.7 Å². The molecule has 3 aromatic rings. The van der Waals surface area contributed by atoms with Crippen molar-refractivity contribution in [3.63, 3.8) is 0 Å². The van der Waals surface area contributed by atoms with Gasteiger partial charge < -0.3 is 15.0 Å². The van der Waals surface area contributed by atoms with Crippen molar-refractivity contribution < 1.29 is 18.3 Å². The third kappa shape index (κ3) is 3.84. The van der Waals surface area contributed by atoms with Crippen LogP contribution in [0.5, 0.6) is 5.75 Å². The Hall–Kier alpha value is -2.93. The Balaban J connectivity index is 1.18. The fourth-order valence-electron chi connectivity index (χ4n) is 7.85. The molecule has 2 heterocycles. The number of benzene rings is 2. The Morgan fingerprint density at radius 1 is 1.13 bits per heavy atom. The normalized spacial score (nSPS) is 28.8. The summed E-state index contributed by atoms with van der Waals surface area (Å²) in [5, 5.41) is 4.37. The second-order valence-corrected chi connectivity index (χ2v) is 12.6. The van der Waals surface area contributed by atoms with Crippen molar-refractivity contribution in [3.8, 4) is 5.75 Å². The van der Waals surface area contributed by atoms with Gasteiger partial charge in [-0.3, -0.25) is 9.69 Å². The number of amides is 1. The van der Waals surface area contributed by atoms with Crippen LogP contribution >= 0.6 is 0 Å². The Bertz CT molecular complexity index is 1390. The number of piperidine rings is 1. The largest absolute Gasteiger partial charge is 0.496 e. The van der Waals surface area contributed by atoms with Gasteiger partial charge in [0.05, 0.1) is 7.11 Å². The number of methoxy groups -OCH3 is 1. The van der Waals surface area contributed by atoms with E-state index < -0.39 is 5.92 Å². The number of carbonyl (C=O) groups excluding carboxylic acids is 1. The first kappa shape index (κ1) is 24.1. The van der Waals surface area contributed by atoms with E-state index in [1.165, 1.54) is 0 Å². The number of aryl methyl sites for hydroxylation is 1. The standard InChI is InChI=1S/C31H35F2N3O2/c1-19-11-26(38-2)24(23-7-9-34-27(19)23)16-36-10-8-29(17-31(32,33)18-29)15-25(36)21-3-5-22(6-4-21)28(37)35-30-12-20(13-30)14-30/h3-7,9,11,20,25,34H,8,10,12-18H2,1-2H3,(H,35,37)/t20?,25-,30?/m1/s1. The molecule has 1 spiro atoms. The number of hydrogen-bond donors (Lipinski definition) is 2. The number of aromatic nitrogens is 1. The smallest absolute Gasteiger partial charge is 0.251 e. The molecule has 38 heavy (non-hydrogen) atoms. The second kappa shape index (κ2) is 8.28. The van der Waals surface area contributed by atoms with Crippen LogP contribution in [0.1, 0.15) is 78.0 Å². The number of carbonyl (C=O) groups is 1. The molecule has 2 N–H and O–H groups in total. The predicted octanol–water partition coefficient (Wildman–Crippen LogP) is 6.52. The maximum Gasteiger partial charge on any atom is 0.251 e. The van der Waals surface area contributed by atoms with Gasteiger partial charge >= 0.3 is 0 Å². The highest BCUT2D eigenvalue weighted by Gasteiger charge is 2.59. The third-order valence-corrected chi connectivity index (χ3v) is 9.93. The molecule has 7 heteroatoms. The molecule has 5 nitrogen and oxygen atoms in total. The maximum absolute atomic E-state index is 14.1. The fourth-order valence-corrected chi connectivity index (χ4v) is 7.85. The summed E-state index contributed by atoms with van der Waals surface area (Å²) >= 11 is 0. The number of H-pyrrole nitrogens is 1.